The van der Waals surface area contributed by atoms with Crippen molar-refractivity contribution in [1.29, 1.82) is 0 Å². The minimum absolute atomic E-state index is 0.789. The van der Waals surface area contributed by atoms with Gasteiger partial charge in [-0.25, -0.2) is 0 Å². The first-order valence-corrected chi connectivity index (χ1v) is 5.88. The zero-order valence-electron chi connectivity index (χ0n) is 10.0. The first-order valence-electron chi connectivity index (χ1n) is 5.88. The number of hydrogen-bond acceptors (Lipinski definition) is 3. The lowest BCUT2D eigenvalue weighted by Crippen LogP contribution is -2.24. The first-order chi connectivity index (χ1) is 7.93. The van der Waals surface area contributed by atoms with E-state index < -0.39 is 0 Å². The van der Waals surface area contributed by atoms with E-state index in [1.807, 2.05) is 6.07 Å². The Bertz CT molecular complexity index is 251. The topological polar surface area (TPSA) is 33.3 Å². The van der Waals surface area contributed by atoms with Crippen molar-refractivity contribution >= 4 is 0 Å². The monoisotopic (exact) mass is 222 g/mol. The Hall–Kier alpha value is -0.900. The fraction of sp³-hybridized carbons (Fsp3) is 0.538. The molecule has 3 nitrogen and oxygen atoms in total. The molecule has 0 unspecified atom stereocenters. The van der Waals surface area contributed by atoms with E-state index in [1.165, 1.54) is 5.56 Å². The van der Waals surface area contributed by atoms with Gasteiger partial charge in [-0.05, 0) is 25.1 Å². The van der Waals surface area contributed by atoms with E-state index in [9.17, 15) is 0 Å². The molecule has 0 heterocycles. The molecule has 0 aliphatic carbocycles. The van der Waals surface area contributed by atoms with Crippen LogP contribution in [0.3, 0.4) is 0 Å². The summed E-state index contributed by atoms with van der Waals surface area (Å²) in [6.45, 7) is 4.78. The lowest BCUT2D eigenvalue weighted by Gasteiger charge is -2.06. The fourth-order valence-corrected chi connectivity index (χ4v) is 1.47. The number of nitrogens with one attached hydrogen (secondary N) is 2. The van der Waals surface area contributed by atoms with E-state index in [-0.39, 0.29) is 0 Å². The summed E-state index contributed by atoms with van der Waals surface area (Å²) in [7, 11) is 1.73. The van der Waals surface area contributed by atoms with Gasteiger partial charge in [0, 0.05) is 20.2 Å². The van der Waals surface area contributed by atoms with Crippen molar-refractivity contribution in [3.8, 4) is 0 Å². The summed E-state index contributed by atoms with van der Waals surface area (Å²) >= 11 is 0. The molecular formula is C13H22N2O. The van der Waals surface area contributed by atoms with Crippen molar-refractivity contribution in [3.63, 3.8) is 0 Å². The molecule has 1 aromatic rings. The van der Waals surface area contributed by atoms with Crippen molar-refractivity contribution in [1.82, 2.24) is 10.6 Å². The van der Waals surface area contributed by atoms with Crippen LogP contribution < -0.4 is 10.6 Å². The van der Waals surface area contributed by atoms with Crippen molar-refractivity contribution in [2.75, 3.05) is 33.4 Å². The minimum atomic E-state index is 0.789. The molecule has 0 saturated carbocycles. The SMILES string of the molecule is COCCNCCCNCc1ccccc1. The van der Waals surface area contributed by atoms with Gasteiger partial charge in [0.2, 0.25) is 0 Å². The lowest BCUT2D eigenvalue weighted by atomic mass is 10.2. The Morgan fingerprint density at radius 3 is 2.50 bits per heavy atom. The second kappa shape index (κ2) is 9.33. The maximum absolute atomic E-state index is 4.95. The Kier molecular flexibility index (Phi) is 7.68. The van der Waals surface area contributed by atoms with Crippen LogP contribution in [0, 0.1) is 0 Å². The number of benzene rings is 1. The van der Waals surface area contributed by atoms with Gasteiger partial charge in [0.05, 0.1) is 6.61 Å². The molecule has 2 N–H and O–H groups in total. The predicted octanol–water partition coefficient (Wildman–Crippen LogP) is 1.40. The number of rotatable bonds is 9. The molecule has 16 heavy (non-hydrogen) atoms. The van der Waals surface area contributed by atoms with Gasteiger partial charge < -0.3 is 15.4 Å². The van der Waals surface area contributed by atoms with Crippen LogP contribution in [0.5, 0.6) is 0 Å². The van der Waals surface area contributed by atoms with Crippen LogP contribution in [0.25, 0.3) is 0 Å². The molecule has 0 aromatic heterocycles. The quantitative estimate of drug-likeness (QED) is 0.620. The van der Waals surface area contributed by atoms with Crippen molar-refractivity contribution < 1.29 is 4.74 Å². The summed E-state index contributed by atoms with van der Waals surface area (Å²) in [6.07, 6.45) is 1.15. The molecule has 90 valence electrons. The summed E-state index contributed by atoms with van der Waals surface area (Å²) < 4.78 is 4.95. The van der Waals surface area contributed by atoms with E-state index >= 15 is 0 Å². The Morgan fingerprint density at radius 2 is 1.75 bits per heavy atom. The Morgan fingerprint density at radius 1 is 1.00 bits per heavy atom. The van der Waals surface area contributed by atoms with Crippen molar-refractivity contribution in [2.45, 2.75) is 13.0 Å². The molecule has 0 saturated heterocycles. The van der Waals surface area contributed by atoms with Crippen LogP contribution >= 0.6 is 0 Å². The molecule has 0 spiro atoms. The number of methoxy groups -OCH3 is 1. The second-order valence-corrected chi connectivity index (χ2v) is 3.76. The molecule has 0 atom stereocenters. The van der Waals surface area contributed by atoms with Crippen LogP contribution in [0.15, 0.2) is 30.3 Å². The molecule has 0 bridgehead atoms. The van der Waals surface area contributed by atoms with Crippen LogP contribution in [0.1, 0.15) is 12.0 Å². The maximum atomic E-state index is 4.95. The van der Waals surface area contributed by atoms with Crippen LogP contribution in [0.2, 0.25) is 0 Å². The zero-order valence-corrected chi connectivity index (χ0v) is 10.0. The van der Waals surface area contributed by atoms with E-state index in [0.717, 1.165) is 39.2 Å². The smallest absolute Gasteiger partial charge is 0.0587 e. The van der Waals surface area contributed by atoms with Gasteiger partial charge in [0.1, 0.15) is 0 Å². The molecule has 3 heteroatoms. The Balaban J connectivity index is 1.89. The van der Waals surface area contributed by atoms with Gasteiger partial charge in [-0.3, -0.25) is 0 Å². The van der Waals surface area contributed by atoms with Crippen molar-refractivity contribution in [3.05, 3.63) is 35.9 Å². The third-order valence-corrected chi connectivity index (χ3v) is 2.36. The van der Waals surface area contributed by atoms with Crippen LogP contribution in [-0.4, -0.2) is 33.4 Å². The largest absolute Gasteiger partial charge is 0.383 e. The summed E-state index contributed by atoms with van der Waals surface area (Å²) in [5.74, 6) is 0. The average Bonchev–Trinajstić information content (AvgIpc) is 2.34. The first kappa shape index (κ1) is 13.2. The third kappa shape index (κ3) is 6.56. The molecule has 1 aromatic carbocycles. The fourth-order valence-electron chi connectivity index (χ4n) is 1.47. The predicted molar refractivity (Wildman–Crippen MR) is 67.5 cm³/mol. The highest BCUT2D eigenvalue weighted by Gasteiger charge is 1.91. The maximum Gasteiger partial charge on any atom is 0.0587 e. The normalized spacial score (nSPS) is 10.6. The number of ether oxygens (including phenoxy) is 1. The third-order valence-electron chi connectivity index (χ3n) is 2.36. The molecule has 1 rings (SSSR count). The molecular weight excluding hydrogens is 200 g/mol. The second-order valence-electron chi connectivity index (χ2n) is 3.76. The van der Waals surface area contributed by atoms with Crippen molar-refractivity contribution in [2.24, 2.45) is 0 Å². The Labute approximate surface area is 98.2 Å². The molecule has 0 radical (unpaired) electrons. The molecule has 0 aliphatic rings. The highest BCUT2D eigenvalue weighted by molar-refractivity contribution is 5.14. The van der Waals surface area contributed by atoms with Gasteiger partial charge in [0.25, 0.3) is 0 Å². The van der Waals surface area contributed by atoms with E-state index in [4.69, 9.17) is 4.74 Å². The van der Waals surface area contributed by atoms with Gasteiger partial charge in [-0.1, -0.05) is 30.3 Å². The summed E-state index contributed by atoms with van der Waals surface area (Å²) in [5, 5.41) is 6.74. The van der Waals surface area contributed by atoms with Gasteiger partial charge >= 0.3 is 0 Å². The minimum Gasteiger partial charge on any atom is -0.383 e. The van der Waals surface area contributed by atoms with Crippen LogP contribution in [-0.2, 0) is 11.3 Å². The van der Waals surface area contributed by atoms with Gasteiger partial charge in [-0.15, -0.1) is 0 Å². The van der Waals surface area contributed by atoms with E-state index in [0.29, 0.717) is 0 Å². The standard InChI is InChI=1S/C13H22N2O/c1-16-11-10-14-8-5-9-15-12-13-6-3-2-4-7-13/h2-4,6-7,14-15H,5,8-12H2,1H3. The molecule has 0 amide bonds. The van der Waals surface area contributed by atoms with Gasteiger partial charge in [-0.2, -0.15) is 0 Å². The summed E-state index contributed by atoms with van der Waals surface area (Å²) in [5.41, 5.74) is 1.34. The highest BCUT2D eigenvalue weighted by Crippen LogP contribution is 1.96. The number of hydrogen-bond donors (Lipinski definition) is 2. The van der Waals surface area contributed by atoms with Gasteiger partial charge in [0.15, 0.2) is 0 Å². The highest BCUT2D eigenvalue weighted by atomic mass is 16.5. The van der Waals surface area contributed by atoms with Crippen LogP contribution in [0.4, 0.5) is 0 Å². The lowest BCUT2D eigenvalue weighted by molar-refractivity contribution is 0.199. The zero-order chi connectivity index (χ0) is 11.5. The summed E-state index contributed by atoms with van der Waals surface area (Å²) in [4.78, 5) is 0. The van der Waals surface area contributed by atoms with E-state index in [1.54, 1.807) is 7.11 Å². The summed E-state index contributed by atoms with van der Waals surface area (Å²) in [6, 6.07) is 10.5. The average molecular weight is 222 g/mol. The van der Waals surface area contributed by atoms with E-state index in [2.05, 4.69) is 34.9 Å². The molecule has 0 fully saturated rings. The molecule has 0 aliphatic heterocycles.